The Morgan fingerprint density at radius 3 is 1.80 bits per heavy atom. The highest BCUT2D eigenvalue weighted by atomic mass is 15.1. The minimum absolute atomic E-state index is 0.964. The maximum Gasteiger partial charge on any atom is 0.0284 e. The van der Waals surface area contributed by atoms with Crippen molar-refractivity contribution < 1.29 is 0 Å². The summed E-state index contributed by atoms with van der Waals surface area (Å²) in [5, 5.41) is 0. The Morgan fingerprint density at radius 1 is 1.13 bits per heavy atom. The third-order valence-electron chi connectivity index (χ3n) is 1.60. The molecule has 0 N–H and O–H groups in total. The molecule has 1 heteroatoms. The Balaban J connectivity index is -0.000000318. The molecule has 0 aromatic rings. The average Bonchev–Trinajstić information content (AvgIpc) is 2.30. The molecule has 15 heavy (non-hydrogen) atoms. The fraction of sp³-hybridized carbons (Fsp3) is 0.571. The summed E-state index contributed by atoms with van der Waals surface area (Å²) in [6, 6.07) is 0. The molecule has 1 nitrogen and oxygen atoms in total. The van der Waals surface area contributed by atoms with Crippen molar-refractivity contribution in [2.45, 2.75) is 41.0 Å². The van der Waals surface area contributed by atoms with Crippen LogP contribution in [0.5, 0.6) is 0 Å². The molecule has 0 unspecified atom stereocenters. The van der Waals surface area contributed by atoms with Crippen LogP contribution in [0.4, 0.5) is 0 Å². The Kier molecular flexibility index (Phi) is 20.2. The lowest BCUT2D eigenvalue weighted by molar-refractivity contribution is 0.436. The average molecular weight is 211 g/mol. The zero-order valence-corrected chi connectivity index (χ0v) is 11.6. The number of hydrogen-bond acceptors (Lipinski definition) is 1. The largest absolute Gasteiger partial charge is 0.375 e. The molecule has 0 fully saturated rings. The number of rotatable bonds is 5. The summed E-state index contributed by atoms with van der Waals surface area (Å²) in [6.07, 6.45) is 2.78. The number of allylic oxidation sites excluding steroid dienone is 1. The first-order valence-corrected chi connectivity index (χ1v) is 5.74. The van der Waals surface area contributed by atoms with Crippen LogP contribution in [0.25, 0.3) is 0 Å². The molecule has 0 spiro atoms. The van der Waals surface area contributed by atoms with E-state index in [-0.39, 0.29) is 0 Å². The van der Waals surface area contributed by atoms with Crippen molar-refractivity contribution in [3.63, 3.8) is 0 Å². The smallest absolute Gasteiger partial charge is 0.0284 e. The molecule has 0 rings (SSSR count). The van der Waals surface area contributed by atoms with Crippen LogP contribution in [0.2, 0.25) is 0 Å². The quantitative estimate of drug-likeness (QED) is 0.473. The fourth-order valence-corrected chi connectivity index (χ4v) is 0.658. The Bertz CT molecular complexity index is 168. The molecule has 0 radical (unpaired) electrons. The van der Waals surface area contributed by atoms with Crippen LogP contribution in [-0.2, 0) is 0 Å². The van der Waals surface area contributed by atoms with Crippen LogP contribution in [0, 0.1) is 0 Å². The molecular weight excluding hydrogens is 182 g/mol. The minimum Gasteiger partial charge on any atom is -0.375 e. The third kappa shape index (κ3) is 15.7. The molecule has 0 amide bonds. The number of hydrogen-bond donors (Lipinski definition) is 0. The van der Waals surface area contributed by atoms with E-state index >= 15 is 0 Å². The normalized spacial score (nSPS) is 7.33. The molecule has 0 aliphatic heterocycles. The highest BCUT2D eigenvalue weighted by Crippen LogP contribution is 2.03. The van der Waals surface area contributed by atoms with E-state index in [1.54, 1.807) is 6.08 Å². The van der Waals surface area contributed by atoms with Gasteiger partial charge in [-0.1, -0.05) is 46.4 Å². The molecule has 0 saturated heterocycles. The molecule has 0 aliphatic carbocycles. The van der Waals surface area contributed by atoms with E-state index in [4.69, 9.17) is 0 Å². The molecular formula is C14H29N. The second-order valence-electron chi connectivity index (χ2n) is 2.82. The molecule has 0 aromatic carbocycles. The lowest BCUT2D eigenvalue weighted by Crippen LogP contribution is -2.17. The van der Waals surface area contributed by atoms with E-state index in [2.05, 4.69) is 24.6 Å². The zero-order valence-electron chi connectivity index (χ0n) is 11.6. The van der Waals surface area contributed by atoms with Gasteiger partial charge < -0.3 is 4.90 Å². The molecule has 0 saturated carbocycles. The van der Waals surface area contributed by atoms with Gasteiger partial charge in [-0.25, -0.2) is 0 Å². The standard InChI is InChI=1S/C10H17N.2C2H6/c1-6-10(4)11(5)8-7-9(2)3;2*1-2/h6H,1-2,4,7-8H2,3,5H3;2*1-2H3. The topological polar surface area (TPSA) is 3.24 Å². The van der Waals surface area contributed by atoms with Gasteiger partial charge in [-0.2, -0.15) is 0 Å². The van der Waals surface area contributed by atoms with Crippen LogP contribution in [0.15, 0.2) is 37.1 Å². The summed E-state index contributed by atoms with van der Waals surface area (Å²) in [4.78, 5) is 2.07. The zero-order chi connectivity index (χ0) is 12.9. The number of nitrogens with zero attached hydrogens (tertiary/aromatic N) is 1. The van der Waals surface area contributed by atoms with E-state index in [1.165, 1.54) is 5.57 Å². The first-order valence-electron chi connectivity index (χ1n) is 5.74. The summed E-state index contributed by atoms with van der Waals surface area (Å²) < 4.78 is 0. The molecule has 0 atom stereocenters. The van der Waals surface area contributed by atoms with E-state index in [0.717, 1.165) is 18.7 Å². The highest BCUT2D eigenvalue weighted by Gasteiger charge is 1.96. The Morgan fingerprint density at radius 2 is 1.53 bits per heavy atom. The van der Waals surface area contributed by atoms with Crippen molar-refractivity contribution in [1.82, 2.24) is 4.90 Å². The Hall–Kier alpha value is -0.980. The first-order chi connectivity index (χ1) is 7.07. The minimum atomic E-state index is 0.964. The van der Waals surface area contributed by atoms with Gasteiger partial charge in [0.2, 0.25) is 0 Å². The molecule has 90 valence electrons. The van der Waals surface area contributed by atoms with Crippen molar-refractivity contribution in [1.29, 1.82) is 0 Å². The van der Waals surface area contributed by atoms with Crippen molar-refractivity contribution in [2.24, 2.45) is 0 Å². The SMILES string of the molecule is C=CC(=C)N(C)CCC(=C)C.CC.CC. The molecule has 0 aliphatic rings. The first kappa shape index (κ1) is 19.6. The summed E-state index contributed by atoms with van der Waals surface area (Å²) >= 11 is 0. The van der Waals surface area contributed by atoms with Crippen molar-refractivity contribution in [3.05, 3.63) is 37.1 Å². The maximum absolute atomic E-state index is 3.83. The van der Waals surface area contributed by atoms with Gasteiger partial charge in [0.15, 0.2) is 0 Å². The highest BCUT2D eigenvalue weighted by molar-refractivity contribution is 5.09. The summed E-state index contributed by atoms with van der Waals surface area (Å²) in [5.74, 6) is 0. The van der Waals surface area contributed by atoms with Crippen LogP contribution >= 0.6 is 0 Å². The van der Waals surface area contributed by atoms with E-state index in [1.807, 2.05) is 41.7 Å². The summed E-state index contributed by atoms with van der Waals surface area (Å²) in [6.45, 7) is 22.3. The predicted molar refractivity (Wildman–Crippen MR) is 74.1 cm³/mol. The Labute approximate surface area is 97.2 Å². The van der Waals surface area contributed by atoms with Crippen LogP contribution in [0.3, 0.4) is 0 Å². The third-order valence-corrected chi connectivity index (χ3v) is 1.60. The van der Waals surface area contributed by atoms with E-state index in [0.29, 0.717) is 0 Å². The van der Waals surface area contributed by atoms with Gasteiger partial charge in [0, 0.05) is 19.3 Å². The summed E-state index contributed by atoms with van der Waals surface area (Å²) in [7, 11) is 2.01. The van der Waals surface area contributed by atoms with Gasteiger partial charge in [0.25, 0.3) is 0 Å². The monoisotopic (exact) mass is 211 g/mol. The van der Waals surface area contributed by atoms with Crippen molar-refractivity contribution in [3.8, 4) is 0 Å². The van der Waals surface area contributed by atoms with Gasteiger partial charge >= 0.3 is 0 Å². The number of likely N-dealkylation sites (N-methyl/N-ethyl adjacent to an activating group) is 1. The van der Waals surface area contributed by atoms with Crippen LogP contribution < -0.4 is 0 Å². The van der Waals surface area contributed by atoms with Crippen molar-refractivity contribution in [2.75, 3.05) is 13.6 Å². The van der Waals surface area contributed by atoms with Crippen LogP contribution in [0.1, 0.15) is 41.0 Å². The van der Waals surface area contributed by atoms with Gasteiger partial charge in [0.05, 0.1) is 0 Å². The fourth-order valence-electron chi connectivity index (χ4n) is 0.658. The van der Waals surface area contributed by atoms with Gasteiger partial charge in [-0.15, -0.1) is 6.58 Å². The van der Waals surface area contributed by atoms with Gasteiger partial charge in [-0.05, 0) is 19.4 Å². The van der Waals surface area contributed by atoms with Gasteiger partial charge in [0.1, 0.15) is 0 Å². The summed E-state index contributed by atoms with van der Waals surface area (Å²) in [5.41, 5.74) is 2.17. The second kappa shape index (κ2) is 15.5. The van der Waals surface area contributed by atoms with Crippen molar-refractivity contribution >= 4 is 0 Å². The predicted octanol–water partition coefficient (Wildman–Crippen LogP) is 4.64. The van der Waals surface area contributed by atoms with E-state index in [9.17, 15) is 0 Å². The molecule has 0 heterocycles. The second-order valence-corrected chi connectivity index (χ2v) is 2.82. The van der Waals surface area contributed by atoms with E-state index < -0.39 is 0 Å². The lowest BCUT2D eigenvalue weighted by Gasteiger charge is -2.18. The van der Waals surface area contributed by atoms with Crippen LogP contribution in [-0.4, -0.2) is 18.5 Å². The molecule has 0 aromatic heterocycles. The lowest BCUT2D eigenvalue weighted by atomic mass is 10.2. The maximum atomic E-state index is 3.83. The molecule has 0 bridgehead atoms. The van der Waals surface area contributed by atoms with Gasteiger partial charge in [-0.3, -0.25) is 0 Å².